The normalized spacial score (nSPS) is 27.4. The van der Waals surface area contributed by atoms with Gasteiger partial charge in [-0.15, -0.1) is 0 Å². The first-order valence-electron chi connectivity index (χ1n) is 14.0. The van der Waals surface area contributed by atoms with Crippen molar-refractivity contribution in [2.45, 2.75) is 44.9 Å². The van der Waals surface area contributed by atoms with E-state index >= 15 is 0 Å². The van der Waals surface area contributed by atoms with E-state index in [1.54, 1.807) is 24.3 Å². The van der Waals surface area contributed by atoms with Gasteiger partial charge in [0.15, 0.2) is 5.11 Å². The molecule has 2 aromatic rings. The molecule has 2 amide bonds. The Hall–Kier alpha value is -2.35. The van der Waals surface area contributed by atoms with Crippen LogP contribution in [0.4, 0.5) is 11.4 Å². The number of nitrogens with zero attached hydrogens (tertiary/aromatic N) is 2. The first-order valence-corrected chi connectivity index (χ1v) is 15.1. The van der Waals surface area contributed by atoms with Gasteiger partial charge in [-0.3, -0.25) is 9.59 Å². The van der Waals surface area contributed by atoms with Crippen molar-refractivity contribution in [1.82, 2.24) is 10.2 Å². The molecule has 206 valence electrons. The molecule has 0 radical (unpaired) electrons. The lowest BCUT2D eigenvalue weighted by Gasteiger charge is -2.56. The van der Waals surface area contributed by atoms with Crippen molar-refractivity contribution >= 4 is 63.7 Å². The number of hydrogen-bond donors (Lipinski definition) is 2. The summed E-state index contributed by atoms with van der Waals surface area (Å²) in [5.41, 5.74) is 2.48. The summed E-state index contributed by atoms with van der Waals surface area (Å²) in [7, 11) is 0. The number of halogens is 2. The summed E-state index contributed by atoms with van der Waals surface area (Å²) in [4.78, 5) is 29.8. The lowest BCUT2D eigenvalue weighted by Crippen LogP contribution is -2.49. The summed E-state index contributed by atoms with van der Waals surface area (Å²) in [6.45, 7) is 2.59. The molecule has 1 saturated heterocycles. The standard InChI is InChI=1S/C30H34Cl2N4O2S/c31-23-3-1-22(2-4-23)28(38)36-9-7-35(8-10-36)26-6-5-24(14-25(26)32)33-29(39)34-27(37)18-30-15-19-11-20(16-30)13-21(12-19)17-30/h1-6,14,19-21H,7-13,15-18H2,(H2,33,34,37,39). The van der Waals surface area contributed by atoms with Crippen molar-refractivity contribution in [3.05, 3.63) is 58.1 Å². The molecule has 6 nitrogen and oxygen atoms in total. The van der Waals surface area contributed by atoms with Gasteiger partial charge < -0.3 is 20.4 Å². The maximum Gasteiger partial charge on any atom is 0.253 e. The molecule has 4 aliphatic carbocycles. The molecule has 2 aromatic carbocycles. The molecule has 1 aliphatic heterocycles. The third-order valence-electron chi connectivity index (χ3n) is 9.16. The SMILES string of the molecule is O=C(CC12CC3CC(CC(C3)C1)C2)NC(=S)Nc1ccc(N2CCN(C(=O)c3ccc(Cl)cc3)CC2)c(Cl)c1. The summed E-state index contributed by atoms with van der Waals surface area (Å²) >= 11 is 18.1. The lowest BCUT2D eigenvalue weighted by molar-refractivity contribution is -0.127. The average Bonchev–Trinajstić information content (AvgIpc) is 2.88. The molecule has 4 saturated carbocycles. The first-order chi connectivity index (χ1) is 18.7. The van der Waals surface area contributed by atoms with Gasteiger partial charge in [-0.05, 0) is 116 Å². The molecule has 7 rings (SSSR count). The molecule has 4 bridgehead atoms. The van der Waals surface area contributed by atoms with Crippen LogP contribution in [0.2, 0.25) is 10.0 Å². The van der Waals surface area contributed by atoms with E-state index in [-0.39, 0.29) is 17.2 Å². The Morgan fingerprint density at radius 1 is 0.897 bits per heavy atom. The van der Waals surface area contributed by atoms with E-state index in [0.717, 1.165) is 29.1 Å². The summed E-state index contributed by atoms with van der Waals surface area (Å²) in [5, 5.41) is 7.57. The highest BCUT2D eigenvalue weighted by Gasteiger charge is 2.51. The van der Waals surface area contributed by atoms with Crippen molar-refractivity contribution in [2.24, 2.45) is 23.2 Å². The third kappa shape index (κ3) is 5.91. The van der Waals surface area contributed by atoms with E-state index in [1.807, 2.05) is 23.1 Å². The highest BCUT2D eigenvalue weighted by atomic mass is 35.5. The summed E-state index contributed by atoms with van der Waals surface area (Å²) in [6.07, 6.45) is 8.29. The molecular formula is C30H34Cl2N4O2S. The van der Waals surface area contributed by atoms with Gasteiger partial charge in [0, 0.05) is 48.9 Å². The summed E-state index contributed by atoms with van der Waals surface area (Å²) in [5.74, 6) is 2.49. The van der Waals surface area contributed by atoms with Crippen LogP contribution in [0, 0.1) is 23.2 Å². The van der Waals surface area contributed by atoms with Crippen LogP contribution < -0.4 is 15.5 Å². The predicted octanol–water partition coefficient (Wildman–Crippen LogP) is 6.38. The van der Waals surface area contributed by atoms with E-state index < -0.39 is 0 Å². The average molecular weight is 586 g/mol. The number of carbonyl (C=O) groups excluding carboxylic acids is 2. The molecule has 39 heavy (non-hydrogen) atoms. The van der Waals surface area contributed by atoms with E-state index in [9.17, 15) is 9.59 Å². The van der Waals surface area contributed by atoms with Gasteiger partial charge in [0.05, 0.1) is 10.7 Å². The van der Waals surface area contributed by atoms with Crippen LogP contribution in [0.5, 0.6) is 0 Å². The zero-order valence-corrected chi connectivity index (χ0v) is 24.3. The number of carbonyl (C=O) groups is 2. The highest BCUT2D eigenvalue weighted by molar-refractivity contribution is 7.80. The van der Waals surface area contributed by atoms with Gasteiger partial charge in [0.25, 0.3) is 5.91 Å². The van der Waals surface area contributed by atoms with Crippen molar-refractivity contribution in [3.8, 4) is 0 Å². The van der Waals surface area contributed by atoms with E-state index in [4.69, 9.17) is 35.4 Å². The second kappa shape index (κ2) is 10.9. The van der Waals surface area contributed by atoms with Gasteiger partial charge in [-0.2, -0.15) is 0 Å². The summed E-state index contributed by atoms with van der Waals surface area (Å²) < 4.78 is 0. The molecule has 2 N–H and O–H groups in total. The molecule has 5 fully saturated rings. The Labute approximate surface area is 245 Å². The van der Waals surface area contributed by atoms with E-state index in [0.29, 0.717) is 53.3 Å². The lowest BCUT2D eigenvalue weighted by atomic mass is 9.49. The molecule has 5 aliphatic rings. The molecule has 1 heterocycles. The van der Waals surface area contributed by atoms with Crippen LogP contribution in [0.3, 0.4) is 0 Å². The zero-order valence-electron chi connectivity index (χ0n) is 21.9. The maximum absolute atomic E-state index is 12.9. The first kappa shape index (κ1) is 26.9. The largest absolute Gasteiger partial charge is 0.367 e. The number of rotatable bonds is 5. The second-order valence-electron chi connectivity index (χ2n) is 12.0. The molecule has 0 spiro atoms. The molecule has 0 atom stereocenters. The Balaban J connectivity index is 1.00. The monoisotopic (exact) mass is 584 g/mol. The zero-order chi connectivity index (χ0) is 27.1. The maximum atomic E-state index is 12.9. The number of benzene rings is 2. The smallest absolute Gasteiger partial charge is 0.253 e. The fourth-order valence-corrected chi connectivity index (χ4v) is 8.60. The number of thiocarbonyl (C=S) groups is 1. The third-order valence-corrected chi connectivity index (χ3v) is 9.92. The Morgan fingerprint density at radius 3 is 2.10 bits per heavy atom. The number of anilines is 2. The van der Waals surface area contributed by atoms with Gasteiger partial charge in [0.2, 0.25) is 5.91 Å². The minimum Gasteiger partial charge on any atom is -0.367 e. The Kier molecular flexibility index (Phi) is 7.51. The summed E-state index contributed by atoms with van der Waals surface area (Å²) in [6, 6.07) is 12.7. The Morgan fingerprint density at radius 2 is 1.51 bits per heavy atom. The number of piperazine rings is 1. The molecular weight excluding hydrogens is 551 g/mol. The van der Waals surface area contributed by atoms with Gasteiger partial charge in [0.1, 0.15) is 0 Å². The minimum atomic E-state index is 0.00992. The van der Waals surface area contributed by atoms with Crippen LogP contribution in [-0.4, -0.2) is 48.0 Å². The minimum absolute atomic E-state index is 0.00992. The Bertz CT molecular complexity index is 1240. The van der Waals surface area contributed by atoms with Crippen molar-refractivity contribution < 1.29 is 9.59 Å². The van der Waals surface area contributed by atoms with Crippen molar-refractivity contribution in [1.29, 1.82) is 0 Å². The van der Waals surface area contributed by atoms with Crippen LogP contribution in [-0.2, 0) is 4.79 Å². The van der Waals surface area contributed by atoms with Gasteiger partial charge >= 0.3 is 0 Å². The van der Waals surface area contributed by atoms with Crippen LogP contribution in [0.15, 0.2) is 42.5 Å². The van der Waals surface area contributed by atoms with Gasteiger partial charge in [-0.1, -0.05) is 23.2 Å². The van der Waals surface area contributed by atoms with E-state index in [2.05, 4.69) is 15.5 Å². The van der Waals surface area contributed by atoms with Crippen molar-refractivity contribution in [2.75, 3.05) is 36.4 Å². The fourth-order valence-electron chi connectivity index (χ4n) is 7.95. The fraction of sp³-hybridized carbons (Fsp3) is 0.500. The second-order valence-corrected chi connectivity index (χ2v) is 13.3. The van der Waals surface area contributed by atoms with Crippen molar-refractivity contribution in [3.63, 3.8) is 0 Å². The molecule has 0 unspecified atom stereocenters. The molecule has 0 aromatic heterocycles. The van der Waals surface area contributed by atoms with Crippen LogP contribution >= 0.6 is 35.4 Å². The number of amides is 2. The van der Waals surface area contributed by atoms with Gasteiger partial charge in [-0.25, -0.2) is 0 Å². The highest BCUT2D eigenvalue weighted by Crippen LogP contribution is 2.61. The van der Waals surface area contributed by atoms with Crippen LogP contribution in [0.1, 0.15) is 55.3 Å². The van der Waals surface area contributed by atoms with E-state index in [1.165, 1.54) is 38.5 Å². The number of nitrogens with one attached hydrogen (secondary N) is 2. The topological polar surface area (TPSA) is 64.7 Å². The molecule has 9 heteroatoms. The van der Waals surface area contributed by atoms with Crippen LogP contribution in [0.25, 0.3) is 0 Å². The quantitative estimate of drug-likeness (QED) is 0.399. The predicted molar refractivity (Wildman–Crippen MR) is 161 cm³/mol. The number of hydrogen-bond acceptors (Lipinski definition) is 4.